The average Bonchev–Trinajstić information content (AvgIpc) is 2.63. The molecule has 1 unspecified atom stereocenters. The van der Waals surface area contributed by atoms with E-state index < -0.39 is 46.1 Å². The van der Waals surface area contributed by atoms with E-state index in [0.717, 1.165) is 12.1 Å². The van der Waals surface area contributed by atoms with Crippen LogP contribution in [0.1, 0.15) is 13.3 Å². The molecule has 2 N–H and O–H groups in total. The second kappa shape index (κ2) is 10.2. The van der Waals surface area contributed by atoms with Gasteiger partial charge in [-0.1, -0.05) is 29.3 Å². The summed E-state index contributed by atoms with van der Waals surface area (Å²) < 4.78 is 58.1. The van der Waals surface area contributed by atoms with E-state index in [1.54, 1.807) is 0 Å². The van der Waals surface area contributed by atoms with E-state index in [0.29, 0.717) is 6.07 Å². The van der Waals surface area contributed by atoms with Crippen LogP contribution in [-0.4, -0.2) is 32.9 Å². The molecule has 162 valence electrons. The molecule has 0 saturated carbocycles. The van der Waals surface area contributed by atoms with Crippen LogP contribution in [-0.2, 0) is 24.3 Å². The first-order valence-electron chi connectivity index (χ1n) is 8.40. The number of benzene rings is 2. The topological polar surface area (TPSA) is 102 Å². The molecule has 0 spiro atoms. The minimum Gasteiger partial charge on any atom is -0.452 e. The van der Waals surface area contributed by atoms with E-state index in [-0.39, 0.29) is 27.2 Å². The minimum absolute atomic E-state index is 0.0871. The number of ether oxygens (including phenoxy) is 1. The Morgan fingerprint density at radius 2 is 1.77 bits per heavy atom. The van der Waals surface area contributed by atoms with Gasteiger partial charge in [-0.3, -0.25) is 9.59 Å². The van der Waals surface area contributed by atoms with Gasteiger partial charge in [-0.15, -0.1) is 0 Å². The number of anilines is 1. The van der Waals surface area contributed by atoms with Crippen molar-refractivity contribution in [2.24, 2.45) is 0 Å². The van der Waals surface area contributed by atoms with Gasteiger partial charge in [0.25, 0.3) is 5.91 Å². The maximum atomic E-state index is 13.6. The number of rotatable bonds is 8. The van der Waals surface area contributed by atoms with Crippen LogP contribution in [0.15, 0.2) is 41.3 Å². The lowest BCUT2D eigenvalue weighted by Gasteiger charge is -2.14. The van der Waals surface area contributed by atoms with Crippen LogP contribution in [0.5, 0.6) is 0 Å². The zero-order valence-corrected chi connectivity index (χ0v) is 17.7. The van der Waals surface area contributed by atoms with Gasteiger partial charge in [0.05, 0.1) is 22.2 Å². The third kappa shape index (κ3) is 6.36. The number of hydrogen-bond donors (Lipinski definition) is 2. The fraction of sp³-hybridized carbons (Fsp3) is 0.222. The molecule has 0 saturated heterocycles. The predicted molar refractivity (Wildman–Crippen MR) is 107 cm³/mol. The predicted octanol–water partition coefficient (Wildman–Crippen LogP) is 3.51. The number of esters is 1. The number of halogens is 4. The SMILES string of the molecule is CC(OC(=O)CCNS(=O)(=O)c1c(Cl)cccc1Cl)C(=O)Nc1ccc(F)cc1F. The van der Waals surface area contributed by atoms with Crippen molar-refractivity contribution >= 4 is 50.8 Å². The molecule has 0 aliphatic carbocycles. The highest BCUT2D eigenvalue weighted by Gasteiger charge is 2.23. The number of sulfonamides is 1. The van der Waals surface area contributed by atoms with Crippen molar-refractivity contribution in [3.63, 3.8) is 0 Å². The summed E-state index contributed by atoms with van der Waals surface area (Å²) in [5, 5.41) is 1.98. The lowest BCUT2D eigenvalue weighted by Crippen LogP contribution is -2.32. The molecule has 2 rings (SSSR count). The van der Waals surface area contributed by atoms with Crippen LogP contribution in [0, 0.1) is 11.6 Å². The van der Waals surface area contributed by atoms with Gasteiger partial charge in [-0.25, -0.2) is 21.9 Å². The van der Waals surface area contributed by atoms with Crippen molar-refractivity contribution in [1.82, 2.24) is 4.72 Å². The number of nitrogens with one attached hydrogen (secondary N) is 2. The molecule has 0 radical (unpaired) electrons. The molecule has 2 aromatic rings. The summed E-state index contributed by atoms with van der Waals surface area (Å²) in [5.74, 6) is -3.54. The van der Waals surface area contributed by atoms with Crippen LogP contribution < -0.4 is 10.0 Å². The van der Waals surface area contributed by atoms with Gasteiger partial charge in [-0.05, 0) is 31.2 Å². The molecule has 0 aliphatic rings. The monoisotopic (exact) mass is 480 g/mol. The lowest BCUT2D eigenvalue weighted by atomic mass is 10.2. The van der Waals surface area contributed by atoms with Gasteiger partial charge in [-0.2, -0.15) is 0 Å². The number of hydrogen-bond acceptors (Lipinski definition) is 5. The molecule has 0 heterocycles. The summed E-state index contributed by atoms with van der Waals surface area (Å²) in [4.78, 5) is 23.5. The van der Waals surface area contributed by atoms with E-state index in [1.165, 1.54) is 25.1 Å². The van der Waals surface area contributed by atoms with Crippen molar-refractivity contribution in [3.8, 4) is 0 Å². The van der Waals surface area contributed by atoms with Crippen molar-refractivity contribution in [2.45, 2.75) is 24.3 Å². The minimum atomic E-state index is -4.08. The van der Waals surface area contributed by atoms with Crippen LogP contribution in [0.25, 0.3) is 0 Å². The summed E-state index contributed by atoms with van der Waals surface area (Å²) in [5.41, 5.74) is -0.284. The highest BCUT2D eigenvalue weighted by molar-refractivity contribution is 7.89. The zero-order chi connectivity index (χ0) is 22.5. The fourth-order valence-electron chi connectivity index (χ4n) is 2.23. The Kier molecular flexibility index (Phi) is 8.13. The first-order valence-corrected chi connectivity index (χ1v) is 10.6. The first kappa shape index (κ1) is 24.0. The van der Waals surface area contributed by atoms with Gasteiger partial charge in [0.15, 0.2) is 6.10 Å². The molecule has 1 atom stereocenters. The molecule has 0 aromatic heterocycles. The molecular weight excluding hydrogens is 465 g/mol. The smallest absolute Gasteiger partial charge is 0.307 e. The summed E-state index contributed by atoms with van der Waals surface area (Å²) in [6.07, 6.45) is -1.71. The van der Waals surface area contributed by atoms with Crippen LogP contribution in [0.2, 0.25) is 10.0 Å². The molecule has 2 aromatic carbocycles. The first-order chi connectivity index (χ1) is 14.0. The third-order valence-corrected chi connectivity index (χ3v) is 6.09. The molecule has 12 heteroatoms. The van der Waals surface area contributed by atoms with E-state index in [2.05, 4.69) is 10.0 Å². The maximum Gasteiger partial charge on any atom is 0.307 e. The summed E-state index contributed by atoms with van der Waals surface area (Å²) in [6.45, 7) is 0.895. The summed E-state index contributed by atoms with van der Waals surface area (Å²) in [7, 11) is -4.08. The molecule has 0 fully saturated rings. The second-order valence-electron chi connectivity index (χ2n) is 5.94. The molecule has 30 heavy (non-hydrogen) atoms. The molecule has 0 aliphatic heterocycles. The van der Waals surface area contributed by atoms with Crippen molar-refractivity contribution < 1.29 is 31.5 Å². The lowest BCUT2D eigenvalue weighted by molar-refractivity contribution is -0.152. The van der Waals surface area contributed by atoms with Gasteiger partial charge in [0.1, 0.15) is 16.5 Å². The third-order valence-electron chi connectivity index (χ3n) is 3.68. The van der Waals surface area contributed by atoms with E-state index in [1.807, 2.05) is 0 Å². The summed E-state index contributed by atoms with van der Waals surface area (Å²) in [6, 6.07) is 6.73. The second-order valence-corrected chi connectivity index (χ2v) is 8.46. The van der Waals surface area contributed by atoms with E-state index >= 15 is 0 Å². The molecule has 7 nitrogen and oxygen atoms in total. The van der Waals surface area contributed by atoms with Crippen molar-refractivity contribution in [1.29, 1.82) is 0 Å². The number of carbonyl (C=O) groups excluding carboxylic acids is 2. The van der Waals surface area contributed by atoms with E-state index in [9.17, 15) is 26.8 Å². The van der Waals surface area contributed by atoms with E-state index in [4.69, 9.17) is 27.9 Å². The van der Waals surface area contributed by atoms with Gasteiger partial charge in [0.2, 0.25) is 10.0 Å². The maximum absolute atomic E-state index is 13.6. The molecule has 0 bridgehead atoms. The van der Waals surface area contributed by atoms with Crippen molar-refractivity contribution in [3.05, 3.63) is 58.1 Å². The van der Waals surface area contributed by atoms with Gasteiger partial charge in [0, 0.05) is 12.6 Å². The highest BCUT2D eigenvalue weighted by Crippen LogP contribution is 2.28. The van der Waals surface area contributed by atoms with Gasteiger partial charge >= 0.3 is 5.97 Å². The fourth-order valence-corrected chi connectivity index (χ4v) is 4.41. The Morgan fingerprint density at radius 1 is 1.13 bits per heavy atom. The zero-order valence-electron chi connectivity index (χ0n) is 15.4. The van der Waals surface area contributed by atoms with Gasteiger partial charge < -0.3 is 10.1 Å². The Balaban J connectivity index is 1.87. The summed E-state index contributed by atoms with van der Waals surface area (Å²) >= 11 is 11.7. The van der Waals surface area contributed by atoms with Crippen molar-refractivity contribution in [2.75, 3.05) is 11.9 Å². The standard InChI is InChI=1S/C18H16Cl2F2N2O5S/c1-10(18(26)24-15-6-5-11(21)9-14(15)22)29-16(25)7-8-23-30(27,28)17-12(19)3-2-4-13(17)20/h2-6,9-10,23H,7-8H2,1H3,(H,24,26). The average molecular weight is 481 g/mol. The quantitative estimate of drug-likeness (QED) is 0.562. The largest absolute Gasteiger partial charge is 0.452 e. The Hall–Kier alpha value is -2.27. The van der Waals surface area contributed by atoms with Crippen LogP contribution in [0.3, 0.4) is 0 Å². The van der Waals surface area contributed by atoms with Crippen LogP contribution >= 0.6 is 23.2 Å². The number of amides is 1. The molecular formula is C18H16Cl2F2N2O5S. The molecule has 1 amide bonds. The Bertz CT molecular complexity index is 1050. The van der Waals surface area contributed by atoms with Crippen LogP contribution in [0.4, 0.5) is 14.5 Å². The number of carbonyl (C=O) groups is 2. The highest BCUT2D eigenvalue weighted by atomic mass is 35.5. The Labute approximate surface area is 181 Å². The normalized spacial score (nSPS) is 12.3. The Morgan fingerprint density at radius 3 is 2.37 bits per heavy atom.